The highest BCUT2D eigenvalue weighted by molar-refractivity contribution is 6.00. The molecular weight excluding hydrogens is 310 g/mol. The molecule has 3 heteroatoms. The van der Waals surface area contributed by atoms with Crippen LogP contribution in [0.1, 0.15) is 41.3 Å². The van der Waals surface area contributed by atoms with Crippen LogP contribution in [0.15, 0.2) is 66.7 Å². The lowest BCUT2D eigenvalue weighted by Gasteiger charge is -2.35. The third kappa shape index (κ3) is 2.35. The van der Waals surface area contributed by atoms with Crippen LogP contribution in [-0.4, -0.2) is 22.5 Å². The highest BCUT2D eigenvalue weighted by Crippen LogP contribution is 2.42. The number of rotatable bonds is 4. The van der Waals surface area contributed by atoms with Gasteiger partial charge in [-0.2, -0.15) is 0 Å². The van der Waals surface area contributed by atoms with E-state index in [2.05, 4.69) is 6.92 Å². The van der Waals surface area contributed by atoms with Gasteiger partial charge in [0.1, 0.15) is 0 Å². The van der Waals surface area contributed by atoms with Crippen molar-refractivity contribution in [2.45, 2.75) is 25.5 Å². The second kappa shape index (κ2) is 6.01. The molecule has 1 aliphatic heterocycles. The molecule has 0 saturated carbocycles. The summed E-state index contributed by atoms with van der Waals surface area (Å²) in [6.07, 6.45) is 1.82. The van der Waals surface area contributed by atoms with Crippen molar-refractivity contribution >= 4 is 16.7 Å². The minimum absolute atomic E-state index is 0.0975. The lowest BCUT2D eigenvalue weighted by molar-refractivity contribution is -0.0502. The summed E-state index contributed by atoms with van der Waals surface area (Å²) < 4.78 is 0. The van der Waals surface area contributed by atoms with E-state index < -0.39 is 5.72 Å². The maximum absolute atomic E-state index is 12.9. The van der Waals surface area contributed by atoms with E-state index in [0.29, 0.717) is 17.7 Å². The van der Waals surface area contributed by atoms with Gasteiger partial charge in [-0.15, -0.1) is 0 Å². The Labute approximate surface area is 147 Å². The monoisotopic (exact) mass is 331 g/mol. The van der Waals surface area contributed by atoms with Crippen molar-refractivity contribution in [1.82, 2.24) is 4.90 Å². The zero-order valence-electron chi connectivity index (χ0n) is 14.3. The molecule has 0 spiro atoms. The Morgan fingerprint density at radius 3 is 2.48 bits per heavy atom. The summed E-state index contributed by atoms with van der Waals surface area (Å²) in [5.41, 5.74) is 0.591. The number of carbonyl (C=O) groups excluding carboxylic acids is 1. The Hall–Kier alpha value is -2.65. The number of unbranched alkanes of at least 4 members (excludes halogenated alkanes) is 1. The van der Waals surface area contributed by atoms with Gasteiger partial charge >= 0.3 is 0 Å². The van der Waals surface area contributed by atoms with Crippen LogP contribution in [0.5, 0.6) is 0 Å². The zero-order valence-corrected chi connectivity index (χ0v) is 14.3. The number of amides is 1. The highest BCUT2D eigenvalue weighted by atomic mass is 16.3. The van der Waals surface area contributed by atoms with Crippen LogP contribution in [0.25, 0.3) is 10.8 Å². The third-order valence-corrected chi connectivity index (χ3v) is 5.06. The van der Waals surface area contributed by atoms with E-state index in [4.69, 9.17) is 0 Å². The summed E-state index contributed by atoms with van der Waals surface area (Å²) >= 11 is 0. The van der Waals surface area contributed by atoms with Crippen LogP contribution >= 0.6 is 0 Å². The molecule has 4 rings (SSSR count). The van der Waals surface area contributed by atoms with E-state index in [0.717, 1.165) is 29.2 Å². The molecule has 1 atom stereocenters. The summed E-state index contributed by atoms with van der Waals surface area (Å²) in [5.74, 6) is -0.0975. The van der Waals surface area contributed by atoms with E-state index in [1.165, 1.54) is 0 Å². The first-order chi connectivity index (χ1) is 12.2. The van der Waals surface area contributed by atoms with E-state index in [1.807, 2.05) is 60.7 Å². The summed E-state index contributed by atoms with van der Waals surface area (Å²) in [6.45, 7) is 2.62. The van der Waals surface area contributed by atoms with Crippen LogP contribution in [0.3, 0.4) is 0 Å². The van der Waals surface area contributed by atoms with Crippen molar-refractivity contribution in [2.24, 2.45) is 0 Å². The van der Waals surface area contributed by atoms with Crippen molar-refractivity contribution in [3.8, 4) is 0 Å². The Morgan fingerprint density at radius 1 is 0.960 bits per heavy atom. The molecule has 1 amide bonds. The maximum atomic E-state index is 12.9. The average Bonchev–Trinajstić information content (AvgIpc) is 2.88. The van der Waals surface area contributed by atoms with Crippen molar-refractivity contribution in [3.05, 3.63) is 83.4 Å². The number of hydrogen-bond donors (Lipinski definition) is 1. The second-order valence-electron chi connectivity index (χ2n) is 6.59. The fraction of sp³-hybridized carbons (Fsp3) is 0.227. The molecule has 0 radical (unpaired) electrons. The predicted molar refractivity (Wildman–Crippen MR) is 99.3 cm³/mol. The molecule has 1 unspecified atom stereocenters. The predicted octanol–water partition coefficient (Wildman–Crippen LogP) is 4.29. The third-order valence-electron chi connectivity index (χ3n) is 5.06. The van der Waals surface area contributed by atoms with Gasteiger partial charge in [0.25, 0.3) is 5.91 Å². The van der Waals surface area contributed by atoms with E-state index in [9.17, 15) is 9.90 Å². The van der Waals surface area contributed by atoms with E-state index in [1.54, 1.807) is 11.0 Å². The Kier molecular flexibility index (Phi) is 3.81. The molecule has 0 bridgehead atoms. The minimum Gasteiger partial charge on any atom is -0.363 e. The van der Waals surface area contributed by atoms with Gasteiger partial charge < -0.3 is 10.0 Å². The normalized spacial score (nSPS) is 19.4. The first-order valence-electron chi connectivity index (χ1n) is 8.79. The van der Waals surface area contributed by atoms with Crippen molar-refractivity contribution < 1.29 is 9.90 Å². The largest absolute Gasteiger partial charge is 0.363 e. The summed E-state index contributed by atoms with van der Waals surface area (Å²) in [5, 5.41) is 13.9. The van der Waals surface area contributed by atoms with Crippen molar-refractivity contribution in [2.75, 3.05) is 6.54 Å². The molecule has 0 aliphatic carbocycles. The molecule has 1 heterocycles. The smallest absolute Gasteiger partial charge is 0.257 e. The van der Waals surface area contributed by atoms with Crippen LogP contribution < -0.4 is 0 Å². The molecule has 1 aliphatic rings. The number of aliphatic hydroxyl groups is 1. The number of fused-ring (bicyclic) bond motifs is 2. The van der Waals surface area contributed by atoms with Gasteiger partial charge in [-0.05, 0) is 29.3 Å². The molecule has 3 aromatic rings. The van der Waals surface area contributed by atoms with E-state index in [-0.39, 0.29) is 5.91 Å². The fourth-order valence-electron chi connectivity index (χ4n) is 3.71. The Bertz CT molecular complexity index is 949. The lowest BCUT2D eigenvalue weighted by atomic mass is 9.92. The van der Waals surface area contributed by atoms with Gasteiger partial charge in [-0.1, -0.05) is 67.9 Å². The van der Waals surface area contributed by atoms with Gasteiger partial charge in [-0.25, -0.2) is 0 Å². The molecular formula is C22H21NO2. The molecule has 126 valence electrons. The van der Waals surface area contributed by atoms with Gasteiger partial charge in [-0.3, -0.25) is 4.79 Å². The first kappa shape index (κ1) is 15.9. The van der Waals surface area contributed by atoms with Gasteiger partial charge in [0, 0.05) is 23.2 Å². The summed E-state index contributed by atoms with van der Waals surface area (Å²) in [7, 11) is 0. The minimum atomic E-state index is -1.41. The van der Waals surface area contributed by atoms with Crippen LogP contribution in [0, 0.1) is 0 Å². The van der Waals surface area contributed by atoms with Gasteiger partial charge in [0.05, 0.1) is 0 Å². The lowest BCUT2D eigenvalue weighted by Crippen LogP contribution is -2.45. The standard InChI is InChI=1S/C22H21NO2/c1-2-3-14-23-21(24)19-10-6-7-11-20(19)22(23,25)18-13-12-16-8-4-5-9-17(16)15-18/h4-13,15,25H,2-3,14H2,1H3. The molecule has 0 aromatic heterocycles. The van der Waals surface area contributed by atoms with Crippen molar-refractivity contribution in [1.29, 1.82) is 0 Å². The van der Waals surface area contributed by atoms with E-state index >= 15 is 0 Å². The number of hydrogen-bond acceptors (Lipinski definition) is 2. The number of carbonyl (C=O) groups is 1. The molecule has 0 saturated heterocycles. The Morgan fingerprint density at radius 2 is 1.68 bits per heavy atom. The molecule has 3 aromatic carbocycles. The van der Waals surface area contributed by atoms with Gasteiger partial charge in [0.15, 0.2) is 5.72 Å². The molecule has 3 nitrogen and oxygen atoms in total. The number of benzene rings is 3. The Balaban J connectivity index is 1.91. The van der Waals surface area contributed by atoms with Gasteiger partial charge in [0.2, 0.25) is 0 Å². The summed E-state index contributed by atoms with van der Waals surface area (Å²) in [6, 6.07) is 21.4. The number of nitrogens with zero attached hydrogens (tertiary/aromatic N) is 1. The quantitative estimate of drug-likeness (QED) is 0.775. The molecule has 0 fully saturated rings. The molecule has 1 N–H and O–H groups in total. The SMILES string of the molecule is CCCCN1C(=O)c2ccccc2C1(O)c1ccc2ccccc2c1. The zero-order chi connectivity index (χ0) is 17.4. The maximum Gasteiger partial charge on any atom is 0.257 e. The topological polar surface area (TPSA) is 40.5 Å². The van der Waals surface area contributed by atoms with Crippen LogP contribution in [0.4, 0.5) is 0 Å². The van der Waals surface area contributed by atoms with Crippen LogP contribution in [-0.2, 0) is 5.72 Å². The second-order valence-corrected chi connectivity index (χ2v) is 6.59. The summed E-state index contributed by atoms with van der Waals surface area (Å²) in [4.78, 5) is 14.5. The fourth-order valence-corrected chi connectivity index (χ4v) is 3.71. The molecule has 25 heavy (non-hydrogen) atoms. The van der Waals surface area contributed by atoms with Crippen molar-refractivity contribution in [3.63, 3.8) is 0 Å². The van der Waals surface area contributed by atoms with Crippen LogP contribution in [0.2, 0.25) is 0 Å². The highest BCUT2D eigenvalue weighted by Gasteiger charge is 2.49. The first-order valence-corrected chi connectivity index (χ1v) is 8.79. The average molecular weight is 331 g/mol.